The first-order chi connectivity index (χ1) is 8.37. The lowest BCUT2D eigenvalue weighted by atomic mass is 10.4. The molecule has 3 N–H and O–H groups in total. The van der Waals surface area contributed by atoms with E-state index in [1.165, 1.54) is 0 Å². The van der Waals surface area contributed by atoms with Gasteiger partial charge in [-0.1, -0.05) is 0 Å². The Balaban J connectivity index is 2.20. The van der Waals surface area contributed by atoms with Crippen molar-refractivity contribution in [3.8, 4) is 0 Å². The number of amides is 3. The Morgan fingerprint density at radius 1 is 1.22 bits per heavy atom. The Hall–Kier alpha value is -1.35. The predicted octanol–water partition coefficient (Wildman–Crippen LogP) is -1.71. The zero-order valence-corrected chi connectivity index (χ0v) is 9.60. The molecule has 104 valence electrons. The Morgan fingerprint density at radius 3 is 2.39 bits per heavy atom. The van der Waals surface area contributed by atoms with Crippen molar-refractivity contribution in [3.63, 3.8) is 0 Å². The number of carbonyl (C=O) groups is 2. The first-order valence-electron chi connectivity index (χ1n) is 5.42. The average molecular weight is 270 g/mol. The first kappa shape index (κ1) is 14.7. The van der Waals surface area contributed by atoms with Gasteiger partial charge in [0.05, 0.1) is 13.2 Å². The zero-order valence-electron chi connectivity index (χ0n) is 9.60. The van der Waals surface area contributed by atoms with Gasteiger partial charge in [0.2, 0.25) is 0 Å². The van der Waals surface area contributed by atoms with E-state index in [0.29, 0.717) is 26.3 Å². The van der Waals surface area contributed by atoms with Crippen LogP contribution < -0.4 is 15.5 Å². The summed E-state index contributed by atoms with van der Waals surface area (Å²) in [6.07, 6.45) is -4.49. The number of carbonyl (C=O) groups excluding carboxylic acids is 2. The quantitative estimate of drug-likeness (QED) is 0.572. The third kappa shape index (κ3) is 6.40. The van der Waals surface area contributed by atoms with Crippen molar-refractivity contribution in [3.05, 3.63) is 0 Å². The second-order valence-corrected chi connectivity index (χ2v) is 3.89. The fourth-order valence-electron chi connectivity index (χ4n) is 1.46. The molecule has 1 rings (SSSR count). The molecule has 0 aromatic carbocycles. The number of hydrogen-bond acceptors (Lipinski definition) is 3. The Labute approximate surface area is 101 Å². The summed E-state index contributed by atoms with van der Waals surface area (Å²) in [4.78, 5) is 23.2. The Morgan fingerprint density at radius 2 is 1.83 bits per heavy atom. The number of alkyl halides is 3. The summed E-state index contributed by atoms with van der Waals surface area (Å²) in [5.74, 6) is -0.605. The standard InChI is InChI=1S/C9H14F3N3O3/c10-9(11,12)6-13-8(17)14-7(16)5-15-1-3-18-4-2-15/h1-6H2,(H2,13,14,16,17)/p+1. The van der Waals surface area contributed by atoms with Gasteiger partial charge < -0.3 is 15.0 Å². The third-order valence-electron chi connectivity index (χ3n) is 2.31. The van der Waals surface area contributed by atoms with Crippen molar-refractivity contribution < 1.29 is 32.4 Å². The topological polar surface area (TPSA) is 71.9 Å². The molecule has 0 bridgehead atoms. The molecule has 0 aromatic rings. The number of rotatable bonds is 3. The summed E-state index contributed by atoms with van der Waals surface area (Å²) in [5.41, 5.74) is 0. The molecule has 1 heterocycles. The predicted molar refractivity (Wildman–Crippen MR) is 54.0 cm³/mol. The Kier molecular flexibility index (Phi) is 5.35. The van der Waals surface area contributed by atoms with E-state index in [1.807, 2.05) is 5.32 Å². The molecule has 1 fully saturated rings. The molecule has 1 saturated heterocycles. The van der Waals surface area contributed by atoms with Gasteiger partial charge in [0.15, 0.2) is 6.54 Å². The molecule has 0 radical (unpaired) electrons. The summed E-state index contributed by atoms with van der Waals surface area (Å²) in [7, 11) is 0. The van der Waals surface area contributed by atoms with Crippen molar-refractivity contribution in [2.24, 2.45) is 0 Å². The van der Waals surface area contributed by atoms with Crippen LogP contribution in [0.25, 0.3) is 0 Å². The minimum absolute atomic E-state index is 0.0444. The molecule has 0 unspecified atom stereocenters. The van der Waals surface area contributed by atoms with E-state index >= 15 is 0 Å². The van der Waals surface area contributed by atoms with E-state index in [1.54, 1.807) is 5.32 Å². The van der Waals surface area contributed by atoms with Crippen LogP contribution in [-0.4, -0.2) is 57.5 Å². The third-order valence-corrected chi connectivity index (χ3v) is 2.31. The molecule has 0 atom stereocenters. The first-order valence-corrected chi connectivity index (χ1v) is 5.42. The number of quaternary nitrogens is 1. The van der Waals surface area contributed by atoms with Gasteiger partial charge in [-0.05, 0) is 0 Å². The lowest BCUT2D eigenvalue weighted by molar-refractivity contribution is -0.900. The molecule has 1 aliphatic heterocycles. The maximum absolute atomic E-state index is 11.8. The van der Waals surface area contributed by atoms with Crippen molar-refractivity contribution in [1.29, 1.82) is 0 Å². The molecule has 9 heteroatoms. The summed E-state index contributed by atoms with van der Waals surface area (Å²) >= 11 is 0. The maximum Gasteiger partial charge on any atom is 0.405 e. The minimum Gasteiger partial charge on any atom is -0.370 e. The van der Waals surface area contributed by atoms with Gasteiger partial charge in [-0.2, -0.15) is 13.2 Å². The monoisotopic (exact) mass is 270 g/mol. The average Bonchev–Trinajstić information content (AvgIpc) is 2.26. The molecular weight excluding hydrogens is 255 g/mol. The van der Waals surface area contributed by atoms with Crippen molar-refractivity contribution in [2.45, 2.75) is 6.18 Å². The summed E-state index contributed by atoms with van der Waals surface area (Å²) in [6.45, 7) is 0.917. The van der Waals surface area contributed by atoms with Crippen LogP contribution in [0.1, 0.15) is 0 Å². The van der Waals surface area contributed by atoms with E-state index in [0.717, 1.165) is 4.90 Å². The minimum atomic E-state index is -4.49. The van der Waals surface area contributed by atoms with Crippen LogP contribution in [0.2, 0.25) is 0 Å². The highest BCUT2D eigenvalue weighted by Crippen LogP contribution is 2.11. The fraction of sp³-hybridized carbons (Fsp3) is 0.778. The fourth-order valence-corrected chi connectivity index (χ4v) is 1.46. The number of imide groups is 1. The summed E-state index contributed by atoms with van der Waals surface area (Å²) in [5, 5.41) is 3.41. The van der Waals surface area contributed by atoms with Gasteiger partial charge in [-0.15, -0.1) is 0 Å². The van der Waals surface area contributed by atoms with Crippen LogP contribution in [0.5, 0.6) is 0 Å². The lowest BCUT2D eigenvalue weighted by Gasteiger charge is -2.22. The molecule has 0 saturated carbocycles. The van der Waals surface area contributed by atoms with Crippen molar-refractivity contribution in [1.82, 2.24) is 10.6 Å². The Bertz CT molecular complexity index is 303. The van der Waals surface area contributed by atoms with Gasteiger partial charge >= 0.3 is 12.2 Å². The highest BCUT2D eigenvalue weighted by atomic mass is 19.4. The normalized spacial score (nSPS) is 17.3. The number of halogens is 3. The van der Waals surface area contributed by atoms with E-state index in [-0.39, 0.29) is 6.54 Å². The van der Waals surface area contributed by atoms with Crippen molar-refractivity contribution in [2.75, 3.05) is 39.4 Å². The van der Waals surface area contributed by atoms with Crippen LogP contribution in [0.4, 0.5) is 18.0 Å². The highest BCUT2D eigenvalue weighted by Gasteiger charge is 2.28. The smallest absolute Gasteiger partial charge is 0.370 e. The molecule has 18 heavy (non-hydrogen) atoms. The maximum atomic E-state index is 11.8. The van der Waals surface area contributed by atoms with Gasteiger partial charge in [0.1, 0.15) is 19.6 Å². The van der Waals surface area contributed by atoms with Crippen LogP contribution >= 0.6 is 0 Å². The molecular formula is C9H15F3N3O3+. The highest BCUT2D eigenvalue weighted by molar-refractivity contribution is 5.94. The summed E-state index contributed by atoms with van der Waals surface area (Å²) in [6, 6.07) is -1.13. The molecule has 0 spiro atoms. The number of nitrogens with one attached hydrogen (secondary N) is 3. The second kappa shape index (κ2) is 6.55. The van der Waals surface area contributed by atoms with Crippen LogP contribution in [0, 0.1) is 0 Å². The van der Waals surface area contributed by atoms with Gasteiger partial charge in [0, 0.05) is 0 Å². The van der Waals surface area contributed by atoms with E-state index in [4.69, 9.17) is 4.74 Å². The SMILES string of the molecule is O=C(C[NH+]1CCOCC1)NC(=O)NCC(F)(F)F. The van der Waals surface area contributed by atoms with E-state index in [9.17, 15) is 22.8 Å². The van der Waals surface area contributed by atoms with Crippen LogP contribution in [0.15, 0.2) is 0 Å². The van der Waals surface area contributed by atoms with Crippen LogP contribution in [-0.2, 0) is 9.53 Å². The van der Waals surface area contributed by atoms with Gasteiger partial charge in [-0.3, -0.25) is 10.1 Å². The number of morpholine rings is 1. The summed E-state index contributed by atoms with van der Waals surface area (Å²) < 4.78 is 40.4. The van der Waals surface area contributed by atoms with E-state index < -0.39 is 24.7 Å². The number of ether oxygens (including phenoxy) is 1. The van der Waals surface area contributed by atoms with E-state index in [2.05, 4.69) is 0 Å². The molecule has 1 aliphatic rings. The van der Waals surface area contributed by atoms with Crippen LogP contribution in [0.3, 0.4) is 0 Å². The molecule has 3 amide bonds. The lowest BCUT2D eigenvalue weighted by Crippen LogP contribution is -3.15. The van der Waals surface area contributed by atoms with Gasteiger partial charge in [-0.25, -0.2) is 4.79 Å². The zero-order chi connectivity index (χ0) is 13.6. The van der Waals surface area contributed by atoms with Gasteiger partial charge in [0.25, 0.3) is 5.91 Å². The largest absolute Gasteiger partial charge is 0.405 e. The molecule has 6 nitrogen and oxygen atoms in total. The second-order valence-electron chi connectivity index (χ2n) is 3.89. The molecule has 0 aromatic heterocycles. The molecule has 0 aliphatic carbocycles. The van der Waals surface area contributed by atoms with Crippen molar-refractivity contribution >= 4 is 11.9 Å². The number of urea groups is 1. The number of hydrogen-bond donors (Lipinski definition) is 3.